The highest BCUT2D eigenvalue weighted by atomic mass is 16.1. The first-order valence-corrected chi connectivity index (χ1v) is 8.61. The summed E-state index contributed by atoms with van der Waals surface area (Å²) in [6.45, 7) is 4.04. The number of anilines is 1. The lowest BCUT2D eigenvalue weighted by atomic mass is 9.85. The fourth-order valence-corrected chi connectivity index (χ4v) is 3.44. The highest BCUT2D eigenvalue weighted by Gasteiger charge is 2.32. The molecule has 1 aliphatic rings. The topological polar surface area (TPSA) is 92.7 Å². The highest BCUT2D eigenvalue weighted by molar-refractivity contribution is 5.95. The minimum Gasteiger partial charge on any atom is -0.310 e. The van der Waals surface area contributed by atoms with Crippen molar-refractivity contribution in [1.29, 1.82) is 0 Å². The molecule has 7 nitrogen and oxygen atoms in total. The molecule has 1 aromatic carbocycles. The van der Waals surface area contributed by atoms with Crippen molar-refractivity contribution in [2.75, 3.05) is 5.32 Å². The Balaban J connectivity index is 1.83. The van der Waals surface area contributed by atoms with Gasteiger partial charge in [-0.05, 0) is 30.5 Å². The summed E-state index contributed by atoms with van der Waals surface area (Å²) in [5.74, 6) is 0.952. The average Bonchev–Trinajstić information content (AvgIpc) is 2.98. The number of amides is 1. The van der Waals surface area contributed by atoms with E-state index in [1.165, 1.54) is 11.6 Å². The van der Waals surface area contributed by atoms with E-state index in [0.717, 1.165) is 23.2 Å². The van der Waals surface area contributed by atoms with Gasteiger partial charge in [0.2, 0.25) is 5.91 Å². The molecule has 1 unspecified atom stereocenters. The molecule has 0 spiro atoms. The smallest absolute Gasteiger partial charge is 0.264 e. The molecule has 0 bridgehead atoms. The van der Waals surface area contributed by atoms with Gasteiger partial charge in [0.05, 0.1) is 5.69 Å². The lowest BCUT2D eigenvalue weighted by molar-refractivity contribution is -0.116. The summed E-state index contributed by atoms with van der Waals surface area (Å²) in [5.41, 5.74) is 3.89. The standard InChI is InChI=1S/C19H19N5O2/c1-3-12-4-6-13(7-5-12)14-10-17(26)20-19-18(14)11(2)23-24(19)15-8-9-16(25)22-21-15/h4-9,14H,3,10H2,1-2H3,(H,20,26)(H,22,25). The van der Waals surface area contributed by atoms with Gasteiger partial charge in [-0.3, -0.25) is 9.59 Å². The minimum absolute atomic E-state index is 0.0545. The second kappa shape index (κ2) is 6.25. The van der Waals surface area contributed by atoms with Crippen LogP contribution in [0.2, 0.25) is 0 Å². The maximum Gasteiger partial charge on any atom is 0.264 e. The number of aromatic nitrogens is 4. The molecule has 132 valence electrons. The fourth-order valence-electron chi connectivity index (χ4n) is 3.44. The maximum atomic E-state index is 12.3. The van der Waals surface area contributed by atoms with Crippen LogP contribution in [0, 0.1) is 6.92 Å². The van der Waals surface area contributed by atoms with Gasteiger partial charge in [0.1, 0.15) is 5.82 Å². The molecule has 4 rings (SSSR count). The van der Waals surface area contributed by atoms with Crippen molar-refractivity contribution >= 4 is 11.7 Å². The van der Waals surface area contributed by atoms with E-state index >= 15 is 0 Å². The number of hydrogen-bond acceptors (Lipinski definition) is 4. The zero-order chi connectivity index (χ0) is 18.3. The van der Waals surface area contributed by atoms with Crippen molar-refractivity contribution in [3.05, 3.63) is 69.1 Å². The predicted molar refractivity (Wildman–Crippen MR) is 97.6 cm³/mol. The fraction of sp³-hybridized carbons (Fsp3) is 0.263. The lowest BCUT2D eigenvalue weighted by Crippen LogP contribution is -2.25. The van der Waals surface area contributed by atoms with Crippen molar-refractivity contribution in [3.63, 3.8) is 0 Å². The van der Waals surface area contributed by atoms with Crippen molar-refractivity contribution < 1.29 is 4.79 Å². The van der Waals surface area contributed by atoms with E-state index in [0.29, 0.717) is 18.1 Å². The number of nitrogens with zero attached hydrogens (tertiary/aromatic N) is 3. The number of carbonyl (C=O) groups excluding carboxylic acids is 1. The van der Waals surface area contributed by atoms with Crippen molar-refractivity contribution in [2.24, 2.45) is 0 Å². The van der Waals surface area contributed by atoms with E-state index < -0.39 is 0 Å². The molecule has 0 saturated carbocycles. The number of aromatic amines is 1. The van der Waals surface area contributed by atoms with Gasteiger partial charge in [-0.1, -0.05) is 31.2 Å². The van der Waals surface area contributed by atoms with Crippen molar-refractivity contribution in [1.82, 2.24) is 20.0 Å². The first-order valence-electron chi connectivity index (χ1n) is 8.61. The van der Waals surface area contributed by atoms with Crippen LogP contribution in [0.1, 0.15) is 41.6 Å². The Morgan fingerprint density at radius 1 is 1.15 bits per heavy atom. The largest absolute Gasteiger partial charge is 0.310 e. The van der Waals surface area contributed by atoms with E-state index in [9.17, 15) is 9.59 Å². The third-order valence-electron chi connectivity index (χ3n) is 4.77. The number of rotatable bonds is 3. The number of benzene rings is 1. The van der Waals surface area contributed by atoms with Gasteiger partial charge in [0, 0.05) is 24.0 Å². The molecular weight excluding hydrogens is 330 g/mol. The number of fused-ring (bicyclic) bond motifs is 1. The molecule has 2 N–H and O–H groups in total. The van der Waals surface area contributed by atoms with Crippen LogP contribution in [0.15, 0.2) is 41.2 Å². The Labute approximate surface area is 150 Å². The zero-order valence-electron chi connectivity index (χ0n) is 14.6. The Morgan fingerprint density at radius 3 is 2.58 bits per heavy atom. The molecule has 2 aromatic heterocycles. The molecule has 26 heavy (non-hydrogen) atoms. The van der Waals surface area contributed by atoms with Gasteiger partial charge in [-0.15, -0.1) is 0 Å². The van der Waals surface area contributed by atoms with E-state index in [4.69, 9.17) is 0 Å². The summed E-state index contributed by atoms with van der Waals surface area (Å²) in [7, 11) is 0. The van der Waals surface area contributed by atoms with E-state index in [-0.39, 0.29) is 17.4 Å². The van der Waals surface area contributed by atoms with E-state index in [2.05, 4.69) is 51.8 Å². The molecule has 1 amide bonds. The summed E-state index contributed by atoms with van der Waals surface area (Å²) in [6.07, 6.45) is 1.36. The average molecular weight is 349 g/mol. The normalized spacial score (nSPS) is 16.2. The summed E-state index contributed by atoms with van der Waals surface area (Å²) in [6, 6.07) is 11.3. The molecular formula is C19H19N5O2. The molecule has 0 fully saturated rings. The van der Waals surface area contributed by atoms with Crippen LogP contribution in [0.25, 0.3) is 5.82 Å². The number of aryl methyl sites for hydroxylation is 2. The monoisotopic (exact) mass is 349 g/mol. The van der Waals surface area contributed by atoms with Gasteiger partial charge >= 0.3 is 0 Å². The summed E-state index contributed by atoms with van der Waals surface area (Å²) >= 11 is 0. The van der Waals surface area contributed by atoms with Crippen LogP contribution in [0.4, 0.5) is 5.82 Å². The first kappa shape index (κ1) is 16.3. The second-order valence-corrected chi connectivity index (χ2v) is 6.44. The molecule has 0 aliphatic carbocycles. The predicted octanol–water partition coefficient (Wildman–Crippen LogP) is 2.30. The van der Waals surface area contributed by atoms with Crippen molar-refractivity contribution in [2.45, 2.75) is 32.6 Å². The number of carbonyl (C=O) groups is 1. The summed E-state index contributed by atoms with van der Waals surface area (Å²) in [4.78, 5) is 23.6. The minimum atomic E-state index is -0.288. The number of hydrogen-bond donors (Lipinski definition) is 2. The lowest BCUT2D eigenvalue weighted by Gasteiger charge is -2.24. The van der Waals surface area contributed by atoms with E-state index in [1.807, 2.05) is 6.92 Å². The van der Waals surface area contributed by atoms with Crippen LogP contribution in [-0.2, 0) is 11.2 Å². The zero-order valence-corrected chi connectivity index (χ0v) is 14.6. The second-order valence-electron chi connectivity index (χ2n) is 6.44. The molecule has 1 atom stereocenters. The van der Waals surface area contributed by atoms with Crippen LogP contribution >= 0.6 is 0 Å². The van der Waals surface area contributed by atoms with Crippen LogP contribution in [0.3, 0.4) is 0 Å². The number of nitrogens with one attached hydrogen (secondary N) is 2. The molecule has 0 radical (unpaired) electrons. The van der Waals surface area contributed by atoms with Crippen LogP contribution < -0.4 is 10.9 Å². The van der Waals surface area contributed by atoms with Gasteiger partial charge in [0.25, 0.3) is 5.56 Å². The van der Waals surface area contributed by atoms with Gasteiger partial charge in [-0.25, -0.2) is 5.10 Å². The number of H-pyrrole nitrogens is 1. The Bertz CT molecular complexity index is 1010. The Kier molecular flexibility index (Phi) is 3.91. The molecule has 7 heteroatoms. The van der Waals surface area contributed by atoms with Gasteiger partial charge < -0.3 is 5.32 Å². The quantitative estimate of drug-likeness (QED) is 0.759. The molecule has 3 heterocycles. The van der Waals surface area contributed by atoms with E-state index in [1.54, 1.807) is 10.7 Å². The van der Waals surface area contributed by atoms with Crippen LogP contribution in [-0.4, -0.2) is 25.9 Å². The summed E-state index contributed by atoms with van der Waals surface area (Å²) < 4.78 is 1.57. The Morgan fingerprint density at radius 2 is 1.92 bits per heavy atom. The third kappa shape index (κ3) is 2.71. The van der Waals surface area contributed by atoms with Crippen LogP contribution in [0.5, 0.6) is 0 Å². The Hall–Kier alpha value is -3.22. The maximum absolute atomic E-state index is 12.3. The SMILES string of the molecule is CCc1ccc(C2CC(=O)Nc3c2c(C)nn3-c2ccc(=O)[nH]n2)cc1. The summed E-state index contributed by atoms with van der Waals surface area (Å²) in [5, 5.41) is 13.9. The van der Waals surface area contributed by atoms with Crippen molar-refractivity contribution in [3.8, 4) is 5.82 Å². The molecule has 1 aliphatic heterocycles. The molecule has 0 saturated heterocycles. The van der Waals surface area contributed by atoms with Gasteiger partial charge in [0.15, 0.2) is 5.82 Å². The van der Waals surface area contributed by atoms with Gasteiger partial charge in [-0.2, -0.15) is 14.9 Å². The highest BCUT2D eigenvalue weighted by Crippen LogP contribution is 2.39. The first-order chi connectivity index (χ1) is 12.6. The molecule has 3 aromatic rings. The third-order valence-corrected chi connectivity index (χ3v) is 4.77.